The van der Waals surface area contributed by atoms with E-state index in [9.17, 15) is 0 Å². The zero-order chi connectivity index (χ0) is 16.7. The first-order valence-corrected chi connectivity index (χ1v) is 6.95. The van der Waals surface area contributed by atoms with Crippen LogP contribution in [0.15, 0.2) is 48.5 Å². The molecule has 4 N–H and O–H groups in total. The fourth-order valence-electron chi connectivity index (χ4n) is 0.986. The van der Waals surface area contributed by atoms with Crippen molar-refractivity contribution < 1.29 is 20.4 Å². The van der Waals surface area contributed by atoms with Gasteiger partial charge in [-0.05, 0) is 24.3 Å². The number of phenolic OH excluding ortho intramolecular Hbond substituents is 4. The summed E-state index contributed by atoms with van der Waals surface area (Å²) in [5.41, 5.74) is 0. The predicted molar refractivity (Wildman–Crippen MR) is 93.6 cm³/mol. The monoisotopic (exact) mass is 310 g/mol. The molecule has 0 heterocycles. The Hall–Kier alpha value is -2.36. The minimum Gasteiger partial charge on any atom is -0.508 e. The summed E-state index contributed by atoms with van der Waals surface area (Å²) in [7, 11) is 0. The fraction of sp³-hybridized carbons (Fsp3) is 0.333. The Bertz CT molecular complexity index is 392. The smallest absolute Gasteiger partial charge is 0.119 e. The van der Waals surface area contributed by atoms with Gasteiger partial charge in [-0.1, -0.05) is 53.7 Å². The van der Waals surface area contributed by atoms with Gasteiger partial charge in [-0.2, -0.15) is 0 Å². The average molecular weight is 310 g/mol. The van der Waals surface area contributed by atoms with Gasteiger partial charge in [0.05, 0.1) is 0 Å². The Morgan fingerprint density at radius 3 is 0.909 bits per heavy atom. The summed E-state index contributed by atoms with van der Waals surface area (Å²) in [6.07, 6.45) is 1.25. The van der Waals surface area contributed by atoms with Gasteiger partial charge >= 0.3 is 0 Å². The van der Waals surface area contributed by atoms with E-state index in [-0.39, 0.29) is 30.4 Å². The van der Waals surface area contributed by atoms with Crippen LogP contribution in [0.1, 0.15) is 41.5 Å². The van der Waals surface area contributed by atoms with E-state index in [0.717, 1.165) is 0 Å². The second-order valence-electron chi connectivity index (χ2n) is 3.75. The van der Waals surface area contributed by atoms with Crippen LogP contribution in [0.5, 0.6) is 23.0 Å². The van der Waals surface area contributed by atoms with Crippen molar-refractivity contribution in [3.8, 4) is 23.0 Å². The van der Waals surface area contributed by atoms with Crippen molar-refractivity contribution in [1.82, 2.24) is 0 Å². The number of hydrogen-bond acceptors (Lipinski definition) is 4. The number of rotatable bonds is 0. The van der Waals surface area contributed by atoms with Gasteiger partial charge in [0.2, 0.25) is 0 Å². The maximum atomic E-state index is 8.65. The first kappa shape index (κ1) is 24.6. The topological polar surface area (TPSA) is 80.9 Å². The number of aromatic hydroxyl groups is 4. The summed E-state index contributed by atoms with van der Waals surface area (Å²) >= 11 is 0. The van der Waals surface area contributed by atoms with Crippen LogP contribution in [-0.4, -0.2) is 20.4 Å². The highest BCUT2D eigenvalue weighted by atomic mass is 16.3. The van der Waals surface area contributed by atoms with Crippen molar-refractivity contribution in [2.75, 3.05) is 0 Å². The van der Waals surface area contributed by atoms with Crippen LogP contribution >= 0.6 is 0 Å². The molecule has 2 rings (SSSR count). The predicted octanol–water partition coefficient (Wildman–Crippen LogP) is 5.27. The molecule has 2 aromatic rings. The van der Waals surface area contributed by atoms with E-state index in [1.54, 1.807) is 12.1 Å². The van der Waals surface area contributed by atoms with Crippen LogP contribution in [0.4, 0.5) is 0 Å². The van der Waals surface area contributed by atoms with Gasteiger partial charge in [-0.3, -0.25) is 0 Å². The molecule has 126 valence electrons. The summed E-state index contributed by atoms with van der Waals surface area (Å²) in [5, 5.41) is 34.6. The minimum atomic E-state index is 0. The van der Waals surface area contributed by atoms with Gasteiger partial charge in [0.15, 0.2) is 0 Å². The summed E-state index contributed by atoms with van der Waals surface area (Å²) in [6, 6.07) is 11.7. The van der Waals surface area contributed by atoms with Crippen molar-refractivity contribution in [3.05, 3.63) is 48.5 Å². The third-order valence-electron chi connectivity index (χ3n) is 1.66. The molecule has 2 aromatic carbocycles. The first-order valence-electron chi connectivity index (χ1n) is 6.95. The molecule has 0 saturated heterocycles. The summed E-state index contributed by atoms with van der Waals surface area (Å²) in [4.78, 5) is 0. The molecule has 4 nitrogen and oxygen atoms in total. The SMILES string of the molecule is C.CC.CCC.Oc1cccc(O)c1.Oc1cccc(O)c1. The van der Waals surface area contributed by atoms with Gasteiger partial charge in [0.25, 0.3) is 0 Å². The van der Waals surface area contributed by atoms with E-state index >= 15 is 0 Å². The average Bonchev–Trinajstić information content (AvgIpc) is 2.42. The van der Waals surface area contributed by atoms with Crippen molar-refractivity contribution in [1.29, 1.82) is 0 Å². The molecular formula is C18H30O4. The van der Waals surface area contributed by atoms with Crippen LogP contribution < -0.4 is 0 Å². The Balaban J connectivity index is -0.000000247. The fourth-order valence-corrected chi connectivity index (χ4v) is 0.986. The maximum Gasteiger partial charge on any atom is 0.119 e. The summed E-state index contributed by atoms with van der Waals surface area (Å²) in [6.45, 7) is 8.25. The molecule has 0 aliphatic rings. The normalized spacial score (nSPS) is 7.64. The number of phenols is 4. The number of hydrogen-bond donors (Lipinski definition) is 4. The summed E-state index contributed by atoms with van der Waals surface area (Å²) < 4.78 is 0. The second kappa shape index (κ2) is 16.7. The summed E-state index contributed by atoms with van der Waals surface area (Å²) in [5.74, 6) is 0.352. The van der Waals surface area contributed by atoms with Crippen LogP contribution in [-0.2, 0) is 0 Å². The molecule has 0 aromatic heterocycles. The van der Waals surface area contributed by atoms with E-state index < -0.39 is 0 Å². The molecule has 0 amide bonds. The third kappa shape index (κ3) is 15.7. The molecular weight excluding hydrogens is 280 g/mol. The molecule has 0 atom stereocenters. The zero-order valence-corrected chi connectivity index (χ0v) is 13.1. The highest BCUT2D eigenvalue weighted by Crippen LogP contribution is 2.15. The van der Waals surface area contributed by atoms with E-state index in [1.165, 1.54) is 42.8 Å². The molecule has 0 aliphatic carbocycles. The van der Waals surface area contributed by atoms with E-state index in [0.29, 0.717) is 0 Å². The van der Waals surface area contributed by atoms with Gasteiger partial charge < -0.3 is 20.4 Å². The lowest BCUT2D eigenvalue weighted by Gasteiger charge is -1.89. The largest absolute Gasteiger partial charge is 0.508 e. The Morgan fingerprint density at radius 1 is 0.636 bits per heavy atom. The van der Waals surface area contributed by atoms with Gasteiger partial charge in [0, 0.05) is 12.1 Å². The van der Waals surface area contributed by atoms with Gasteiger partial charge in [0.1, 0.15) is 23.0 Å². The van der Waals surface area contributed by atoms with Crippen LogP contribution in [0, 0.1) is 0 Å². The maximum absolute atomic E-state index is 8.65. The lowest BCUT2D eigenvalue weighted by molar-refractivity contribution is 0.449. The molecule has 0 radical (unpaired) electrons. The molecule has 22 heavy (non-hydrogen) atoms. The third-order valence-corrected chi connectivity index (χ3v) is 1.66. The molecule has 0 spiro atoms. The molecule has 4 heteroatoms. The van der Waals surface area contributed by atoms with Crippen molar-refractivity contribution in [3.63, 3.8) is 0 Å². The lowest BCUT2D eigenvalue weighted by atomic mass is 10.3. The first-order chi connectivity index (χ1) is 9.99. The quantitative estimate of drug-likeness (QED) is 0.534. The van der Waals surface area contributed by atoms with E-state index in [4.69, 9.17) is 20.4 Å². The number of benzene rings is 2. The van der Waals surface area contributed by atoms with Crippen LogP contribution in [0.2, 0.25) is 0 Å². The van der Waals surface area contributed by atoms with Crippen molar-refractivity contribution >= 4 is 0 Å². The van der Waals surface area contributed by atoms with E-state index in [2.05, 4.69) is 13.8 Å². The lowest BCUT2D eigenvalue weighted by Crippen LogP contribution is -1.61. The Morgan fingerprint density at radius 2 is 0.818 bits per heavy atom. The Labute approximate surface area is 134 Å². The molecule has 0 aliphatic heterocycles. The van der Waals surface area contributed by atoms with Crippen molar-refractivity contribution in [2.45, 2.75) is 41.5 Å². The van der Waals surface area contributed by atoms with Gasteiger partial charge in [-0.25, -0.2) is 0 Å². The van der Waals surface area contributed by atoms with Crippen molar-refractivity contribution in [2.24, 2.45) is 0 Å². The van der Waals surface area contributed by atoms with Crippen LogP contribution in [0.3, 0.4) is 0 Å². The van der Waals surface area contributed by atoms with Gasteiger partial charge in [-0.15, -0.1) is 0 Å². The minimum absolute atomic E-state index is 0. The second-order valence-corrected chi connectivity index (χ2v) is 3.75. The van der Waals surface area contributed by atoms with Crippen LogP contribution in [0.25, 0.3) is 0 Å². The highest BCUT2D eigenvalue weighted by Gasteiger charge is 1.86. The molecule has 0 bridgehead atoms. The van der Waals surface area contributed by atoms with E-state index in [1.807, 2.05) is 13.8 Å². The molecule has 0 saturated carbocycles. The molecule has 0 fully saturated rings. The Kier molecular flexibility index (Phi) is 18.7. The zero-order valence-electron chi connectivity index (χ0n) is 13.1. The highest BCUT2D eigenvalue weighted by molar-refractivity contribution is 5.30. The molecule has 0 unspecified atom stereocenters. The standard InChI is InChI=1S/2C6H6O2.C3H8.C2H6.CH4/c2*7-5-2-1-3-6(8)4-5;1-3-2;1-2;/h2*1-4,7-8H;3H2,1-2H3;1-2H3;1H4.